The first-order chi connectivity index (χ1) is 9.63. The molecule has 1 saturated heterocycles. The number of rotatable bonds is 5. The summed E-state index contributed by atoms with van der Waals surface area (Å²) in [5.74, 6) is -0.107. The van der Waals surface area contributed by atoms with Crippen LogP contribution in [0.25, 0.3) is 0 Å². The average molecular weight is 278 g/mol. The number of hydrogen-bond donors (Lipinski definition) is 1. The van der Waals surface area contributed by atoms with Crippen molar-refractivity contribution in [2.75, 3.05) is 13.1 Å². The Morgan fingerprint density at radius 3 is 2.95 bits per heavy atom. The molecular weight excluding hydrogens is 255 g/mol. The first kappa shape index (κ1) is 15.0. The highest BCUT2D eigenvalue weighted by Gasteiger charge is 2.30. The van der Waals surface area contributed by atoms with Gasteiger partial charge in [0, 0.05) is 25.0 Å². The Labute approximate surface area is 120 Å². The van der Waals surface area contributed by atoms with E-state index < -0.39 is 0 Å². The van der Waals surface area contributed by atoms with Gasteiger partial charge in [-0.2, -0.15) is 0 Å². The smallest absolute Gasteiger partial charge is 0.225 e. The lowest BCUT2D eigenvalue weighted by molar-refractivity contribution is -0.135. The van der Waals surface area contributed by atoms with E-state index in [-0.39, 0.29) is 23.7 Å². The molecule has 2 rings (SSSR count). The number of likely N-dealkylation sites (tertiary alicyclic amines) is 1. The summed E-state index contributed by atoms with van der Waals surface area (Å²) in [5, 5.41) is 0. The van der Waals surface area contributed by atoms with Gasteiger partial charge in [-0.1, -0.05) is 25.1 Å². The molecule has 0 saturated carbocycles. The summed E-state index contributed by atoms with van der Waals surface area (Å²) >= 11 is 0. The van der Waals surface area contributed by atoms with E-state index >= 15 is 0 Å². The largest absolute Gasteiger partial charge is 0.338 e. The minimum absolute atomic E-state index is 0.0817. The number of nitrogens with zero attached hydrogens (tertiary/aromatic N) is 1. The monoisotopic (exact) mass is 278 g/mol. The van der Waals surface area contributed by atoms with Crippen LogP contribution in [0.1, 0.15) is 31.7 Å². The number of carbonyl (C=O) groups excluding carboxylic acids is 1. The quantitative estimate of drug-likeness (QED) is 0.898. The van der Waals surface area contributed by atoms with Gasteiger partial charge in [0.05, 0.1) is 0 Å². The summed E-state index contributed by atoms with van der Waals surface area (Å²) in [7, 11) is 0. The summed E-state index contributed by atoms with van der Waals surface area (Å²) in [6.45, 7) is 3.27. The predicted molar refractivity (Wildman–Crippen MR) is 77.7 cm³/mol. The van der Waals surface area contributed by atoms with Crippen LogP contribution in [0, 0.1) is 11.7 Å². The third-order valence-electron chi connectivity index (χ3n) is 4.16. The van der Waals surface area contributed by atoms with Crippen LogP contribution in [0.2, 0.25) is 0 Å². The lowest BCUT2D eigenvalue weighted by Crippen LogP contribution is -2.42. The maximum Gasteiger partial charge on any atom is 0.225 e. The highest BCUT2D eigenvalue weighted by Crippen LogP contribution is 2.21. The fourth-order valence-corrected chi connectivity index (χ4v) is 2.85. The molecule has 1 aromatic rings. The van der Waals surface area contributed by atoms with Gasteiger partial charge in [-0.3, -0.25) is 4.79 Å². The summed E-state index contributed by atoms with van der Waals surface area (Å²) in [4.78, 5) is 14.3. The highest BCUT2D eigenvalue weighted by atomic mass is 19.1. The van der Waals surface area contributed by atoms with E-state index in [0.717, 1.165) is 19.4 Å². The van der Waals surface area contributed by atoms with E-state index in [9.17, 15) is 9.18 Å². The highest BCUT2D eigenvalue weighted by molar-refractivity contribution is 5.79. The normalized spacial score (nSPS) is 20.1. The lowest BCUT2D eigenvalue weighted by atomic mass is 9.99. The first-order valence-electron chi connectivity index (χ1n) is 7.37. The van der Waals surface area contributed by atoms with Gasteiger partial charge >= 0.3 is 0 Å². The Kier molecular flexibility index (Phi) is 5.12. The van der Waals surface area contributed by atoms with Gasteiger partial charge in [-0.15, -0.1) is 0 Å². The molecule has 0 radical (unpaired) electrons. The number of benzene rings is 1. The van der Waals surface area contributed by atoms with Gasteiger partial charge < -0.3 is 10.6 Å². The standard InChI is InChI=1S/C16H23FN2O/c1-12(8-9-13-5-2-3-7-15(13)17)16(20)19-10-4-6-14(19)11-18/h2-3,5,7,12,14H,4,6,8-11,18H2,1H3/t12-,14+/m0/s1. The number of hydrogen-bond acceptors (Lipinski definition) is 2. The van der Waals surface area contributed by atoms with Crippen LogP contribution in [0.4, 0.5) is 4.39 Å². The van der Waals surface area contributed by atoms with Crippen molar-refractivity contribution in [3.8, 4) is 0 Å². The van der Waals surface area contributed by atoms with Crippen LogP contribution >= 0.6 is 0 Å². The van der Waals surface area contributed by atoms with E-state index in [2.05, 4.69) is 0 Å². The van der Waals surface area contributed by atoms with Gasteiger partial charge in [0.25, 0.3) is 0 Å². The van der Waals surface area contributed by atoms with Crippen LogP contribution < -0.4 is 5.73 Å². The molecule has 3 nitrogen and oxygen atoms in total. The molecule has 1 aromatic carbocycles. The molecule has 0 bridgehead atoms. The van der Waals surface area contributed by atoms with Gasteiger partial charge in [-0.05, 0) is 37.3 Å². The molecule has 0 unspecified atom stereocenters. The second-order valence-corrected chi connectivity index (χ2v) is 5.59. The SMILES string of the molecule is C[C@@H](CCc1ccccc1F)C(=O)N1CCC[C@@H]1CN. The van der Waals surface area contributed by atoms with Crippen molar-refractivity contribution in [1.29, 1.82) is 0 Å². The van der Waals surface area contributed by atoms with E-state index in [1.165, 1.54) is 6.07 Å². The number of amides is 1. The fourth-order valence-electron chi connectivity index (χ4n) is 2.85. The second kappa shape index (κ2) is 6.84. The number of carbonyl (C=O) groups is 1. The molecule has 0 aromatic heterocycles. The third kappa shape index (κ3) is 3.37. The molecule has 2 atom stereocenters. The van der Waals surface area contributed by atoms with Crippen LogP contribution in [-0.2, 0) is 11.2 Å². The predicted octanol–water partition coefficient (Wildman–Crippen LogP) is 2.34. The summed E-state index contributed by atoms with van der Waals surface area (Å²) < 4.78 is 13.5. The summed E-state index contributed by atoms with van der Waals surface area (Å²) in [5.41, 5.74) is 6.39. The average Bonchev–Trinajstić information content (AvgIpc) is 2.93. The molecule has 1 fully saturated rings. The molecule has 2 N–H and O–H groups in total. The molecule has 20 heavy (non-hydrogen) atoms. The Morgan fingerprint density at radius 1 is 1.50 bits per heavy atom. The lowest BCUT2D eigenvalue weighted by Gasteiger charge is -2.26. The van der Waals surface area contributed by atoms with Crippen LogP contribution in [-0.4, -0.2) is 29.9 Å². The number of aryl methyl sites for hydroxylation is 1. The van der Waals surface area contributed by atoms with Crippen molar-refractivity contribution in [2.24, 2.45) is 11.7 Å². The minimum Gasteiger partial charge on any atom is -0.338 e. The molecule has 1 heterocycles. The zero-order chi connectivity index (χ0) is 14.5. The number of halogens is 1. The molecule has 110 valence electrons. The maximum atomic E-state index is 13.5. The van der Waals surface area contributed by atoms with Gasteiger partial charge in [0.15, 0.2) is 0 Å². The Hall–Kier alpha value is -1.42. The van der Waals surface area contributed by atoms with Crippen LogP contribution in [0.5, 0.6) is 0 Å². The molecule has 0 aliphatic carbocycles. The van der Waals surface area contributed by atoms with Gasteiger partial charge in [0.2, 0.25) is 5.91 Å². The second-order valence-electron chi connectivity index (χ2n) is 5.59. The zero-order valence-corrected chi connectivity index (χ0v) is 12.0. The zero-order valence-electron chi connectivity index (χ0n) is 12.0. The van der Waals surface area contributed by atoms with Crippen LogP contribution in [0.15, 0.2) is 24.3 Å². The van der Waals surface area contributed by atoms with E-state index in [1.54, 1.807) is 12.1 Å². The van der Waals surface area contributed by atoms with E-state index in [4.69, 9.17) is 5.73 Å². The van der Waals surface area contributed by atoms with Gasteiger partial charge in [-0.25, -0.2) is 4.39 Å². The Balaban J connectivity index is 1.90. The van der Waals surface area contributed by atoms with E-state index in [0.29, 0.717) is 24.9 Å². The molecule has 0 spiro atoms. The van der Waals surface area contributed by atoms with Gasteiger partial charge in [0.1, 0.15) is 5.82 Å². The topological polar surface area (TPSA) is 46.3 Å². The first-order valence-corrected chi connectivity index (χ1v) is 7.37. The molecule has 1 aliphatic heterocycles. The van der Waals surface area contributed by atoms with Crippen molar-refractivity contribution >= 4 is 5.91 Å². The number of nitrogens with two attached hydrogens (primary N) is 1. The molecule has 4 heteroatoms. The fraction of sp³-hybridized carbons (Fsp3) is 0.562. The van der Waals surface area contributed by atoms with Crippen molar-refractivity contribution in [3.63, 3.8) is 0 Å². The minimum atomic E-state index is -0.187. The summed E-state index contributed by atoms with van der Waals surface area (Å²) in [6.07, 6.45) is 3.31. The maximum absolute atomic E-state index is 13.5. The Bertz CT molecular complexity index is 464. The Morgan fingerprint density at radius 2 is 2.25 bits per heavy atom. The van der Waals surface area contributed by atoms with Crippen molar-refractivity contribution < 1.29 is 9.18 Å². The summed E-state index contributed by atoms with van der Waals surface area (Å²) in [6, 6.07) is 6.95. The van der Waals surface area contributed by atoms with Crippen molar-refractivity contribution in [1.82, 2.24) is 4.90 Å². The molecular formula is C16H23FN2O. The van der Waals surface area contributed by atoms with E-state index in [1.807, 2.05) is 17.9 Å². The molecule has 1 amide bonds. The molecule has 1 aliphatic rings. The van der Waals surface area contributed by atoms with Crippen molar-refractivity contribution in [2.45, 2.75) is 38.6 Å². The van der Waals surface area contributed by atoms with Crippen molar-refractivity contribution in [3.05, 3.63) is 35.6 Å². The van der Waals surface area contributed by atoms with Crippen LogP contribution in [0.3, 0.4) is 0 Å². The third-order valence-corrected chi connectivity index (χ3v) is 4.16.